The lowest BCUT2D eigenvalue weighted by atomic mass is 10.3. The molecule has 0 amide bonds. The molecule has 1 aromatic carbocycles. The molecule has 100 valence electrons. The zero-order valence-corrected chi connectivity index (χ0v) is 11.1. The number of hydrogen-bond acceptors (Lipinski definition) is 4. The van der Waals surface area contributed by atoms with E-state index in [1.54, 1.807) is 0 Å². The maximum absolute atomic E-state index is 11.8. The highest BCUT2D eigenvalue weighted by Crippen LogP contribution is 2.24. The Balaban J connectivity index is 3.06. The van der Waals surface area contributed by atoms with Crippen molar-refractivity contribution < 1.29 is 23.4 Å². The molecule has 1 atom stereocenters. The molecule has 0 fully saturated rings. The van der Waals surface area contributed by atoms with Gasteiger partial charge in [-0.05, 0) is 18.2 Å². The minimum atomic E-state index is -4.09. The monoisotopic (exact) mass is 313 g/mol. The fraction of sp³-hybridized carbons (Fsp3) is 0.222. The van der Waals surface area contributed by atoms with Gasteiger partial charge in [0.1, 0.15) is 6.04 Å². The van der Waals surface area contributed by atoms with Crippen molar-refractivity contribution in [1.29, 1.82) is 0 Å². The number of carboxylic acid groups (broad SMARTS) is 1. The van der Waals surface area contributed by atoms with Crippen molar-refractivity contribution >= 4 is 39.2 Å². The summed E-state index contributed by atoms with van der Waals surface area (Å²) in [7, 11) is -4.09. The van der Waals surface area contributed by atoms with Gasteiger partial charge in [-0.15, -0.1) is 0 Å². The van der Waals surface area contributed by atoms with Crippen LogP contribution in [0.5, 0.6) is 0 Å². The lowest BCUT2D eigenvalue weighted by Crippen LogP contribution is -2.43. The lowest BCUT2D eigenvalue weighted by Gasteiger charge is -2.12. The number of rotatable bonds is 5. The number of benzene rings is 1. The van der Waals surface area contributed by atoms with Crippen LogP contribution in [0.25, 0.3) is 0 Å². The van der Waals surface area contributed by atoms with Crippen molar-refractivity contribution in [1.82, 2.24) is 4.72 Å². The van der Waals surface area contributed by atoms with Gasteiger partial charge in [0.05, 0.1) is 21.5 Å². The number of nitrogens with one attached hydrogen (secondary N) is 1. The highest BCUT2D eigenvalue weighted by Gasteiger charge is 2.25. The number of aliphatic carboxylic acids is 1. The number of sulfonamides is 1. The molecule has 0 saturated heterocycles. The maximum Gasteiger partial charge on any atom is 0.324 e. The van der Waals surface area contributed by atoms with E-state index in [1.807, 2.05) is 4.72 Å². The van der Waals surface area contributed by atoms with E-state index in [9.17, 15) is 13.2 Å². The maximum atomic E-state index is 11.8. The second-order valence-corrected chi connectivity index (χ2v) is 5.80. The molecule has 0 aliphatic rings. The average molecular weight is 314 g/mol. The van der Waals surface area contributed by atoms with Crippen LogP contribution in [0.3, 0.4) is 0 Å². The third-order valence-electron chi connectivity index (χ3n) is 1.98. The van der Waals surface area contributed by atoms with Crippen molar-refractivity contribution in [2.75, 3.05) is 6.61 Å². The largest absolute Gasteiger partial charge is 0.480 e. The second-order valence-electron chi connectivity index (χ2n) is 3.27. The highest BCUT2D eigenvalue weighted by molar-refractivity contribution is 7.89. The third-order valence-corrected chi connectivity index (χ3v) is 4.19. The molecule has 1 rings (SSSR count). The number of hydrogen-bond donors (Lipinski definition) is 3. The zero-order valence-electron chi connectivity index (χ0n) is 8.80. The van der Waals surface area contributed by atoms with Gasteiger partial charge in [0.25, 0.3) is 0 Å². The van der Waals surface area contributed by atoms with Crippen LogP contribution in [-0.4, -0.2) is 37.2 Å². The van der Waals surface area contributed by atoms with Crippen molar-refractivity contribution in [2.24, 2.45) is 0 Å². The van der Waals surface area contributed by atoms with E-state index in [0.717, 1.165) is 6.07 Å². The molecule has 0 bridgehead atoms. The van der Waals surface area contributed by atoms with E-state index in [-0.39, 0.29) is 14.9 Å². The van der Waals surface area contributed by atoms with Crippen LogP contribution in [0, 0.1) is 0 Å². The summed E-state index contributed by atoms with van der Waals surface area (Å²) in [5, 5.41) is 17.6. The van der Waals surface area contributed by atoms with E-state index < -0.39 is 28.6 Å². The van der Waals surface area contributed by atoms with Gasteiger partial charge in [-0.1, -0.05) is 23.2 Å². The van der Waals surface area contributed by atoms with Gasteiger partial charge in [-0.3, -0.25) is 4.79 Å². The summed E-state index contributed by atoms with van der Waals surface area (Å²) in [5.74, 6) is -1.49. The average Bonchev–Trinajstić information content (AvgIpc) is 2.29. The lowest BCUT2D eigenvalue weighted by molar-refractivity contribution is -0.139. The molecular formula is C9H9Cl2NO5S. The Morgan fingerprint density at radius 3 is 2.39 bits per heavy atom. The van der Waals surface area contributed by atoms with Gasteiger partial charge in [-0.2, -0.15) is 4.72 Å². The number of aliphatic hydroxyl groups excluding tert-OH is 1. The molecule has 9 heteroatoms. The summed E-state index contributed by atoms with van der Waals surface area (Å²) in [6.07, 6.45) is 0. The van der Waals surface area contributed by atoms with E-state index in [0.29, 0.717) is 0 Å². The highest BCUT2D eigenvalue weighted by atomic mass is 35.5. The summed E-state index contributed by atoms with van der Waals surface area (Å²) in [6.45, 7) is -0.865. The van der Waals surface area contributed by atoms with Gasteiger partial charge in [0.15, 0.2) is 0 Å². The van der Waals surface area contributed by atoms with Gasteiger partial charge in [-0.25, -0.2) is 8.42 Å². The van der Waals surface area contributed by atoms with E-state index in [2.05, 4.69) is 0 Å². The van der Waals surface area contributed by atoms with Crippen molar-refractivity contribution in [3.8, 4) is 0 Å². The Kier molecular flexibility index (Phi) is 4.94. The van der Waals surface area contributed by atoms with E-state index in [4.69, 9.17) is 33.4 Å². The fourth-order valence-corrected chi connectivity index (χ4v) is 2.63. The summed E-state index contributed by atoms with van der Waals surface area (Å²) in [5.41, 5.74) is 0. The number of halogens is 2. The molecule has 0 aromatic heterocycles. The molecule has 3 N–H and O–H groups in total. The Bertz CT molecular complexity index is 560. The summed E-state index contributed by atoms with van der Waals surface area (Å²) in [6, 6.07) is 1.91. The summed E-state index contributed by atoms with van der Waals surface area (Å²) >= 11 is 11.3. The third kappa shape index (κ3) is 3.56. The molecule has 0 spiro atoms. The standard InChI is InChI=1S/C9H9Cl2NO5S/c10-6-2-1-5(3-7(6)11)18(16,17)12-8(4-13)9(14)15/h1-3,8,12-13H,4H2,(H,14,15)/t8-/m0/s1. The quantitative estimate of drug-likeness (QED) is 0.743. The van der Waals surface area contributed by atoms with Crippen LogP contribution in [-0.2, 0) is 14.8 Å². The number of carbonyl (C=O) groups is 1. The number of aliphatic hydroxyl groups is 1. The van der Waals surface area contributed by atoms with Gasteiger partial charge in [0, 0.05) is 0 Å². The first-order chi connectivity index (χ1) is 8.27. The van der Waals surface area contributed by atoms with Gasteiger partial charge >= 0.3 is 5.97 Å². The Labute approximate surface area is 113 Å². The Morgan fingerprint density at radius 2 is 1.94 bits per heavy atom. The van der Waals surface area contributed by atoms with Crippen LogP contribution >= 0.6 is 23.2 Å². The smallest absolute Gasteiger partial charge is 0.324 e. The van der Waals surface area contributed by atoms with Crippen LogP contribution in [0.15, 0.2) is 23.1 Å². The molecule has 18 heavy (non-hydrogen) atoms. The van der Waals surface area contributed by atoms with Crippen molar-refractivity contribution in [3.05, 3.63) is 28.2 Å². The SMILES string of the molecule is O=C(O)[C@H](CO)NS(=O)(=O)c1ccc(Cl)c(Cl)c1. The van der Waals surface area contributed by atoms with E-state index in [1.165, 1.54) is 12.1 Å². The van der Waals surface area contributed by atoms with Crippen LogP contribution in [0.1, 0.15) is 0 Å². The molecule has 0 radical (unpaired) electrons. The Morgan fingerprint density at radius 1 is 1.33 bits per heavy atom. The first-order valence-electron chi connectivity index (χ1n) is 4.59. The molecule has 0 aliphatic carbocycles. The predicted molar refractivity (Wildman–Crippen MR) is 65.3 cm³/mol. The fourth-order valence-electron chi connectivity index (χ4n) is 1.07. The van der Waals surface area contributed by atoms with Crippen molar-refractivity contribution in [3.63, 3.8) is 0 Å². The van der Waals surface area contributed by atoms with Gasteiger partial charge < -0.3 is 10.2 Å². The molecule has 0 saturated carbocycles. The van der Waals surface area contributed by atoms with E-state index >= 15 is 0 Å². The summed E-state index contributed by atoms with van der Waals surface area (Å²) in [4.78, 5) is 10.4. The molecule has 1 aromatic rings. The predicted octanol–water partition coefficient (Wildman–Crippen LogP) is 0.717. The van der Waals surface area contributed by atoms with Crippen LogP contribution in [0.4, 0.5) is 0 Å². The van der Waals surface area contributed by atoms with Gasteiger partial charge in [0.2, 0.25) is 10.0 Å². The number of carboxylic acids is 1. The van der Waals surface area contributed by atoms with Crippen LogP contribution < -0.4 is 4.72 Å². The summed E-state index contributed by atoms with van der Waals surface area (Å²) < 4.78 is 25.4. The first kappa shape index (κ1) is 15.2. The first-order valence-corrected chi connectivity index (χ1v) is 6.83. The molecule has 0 heterocycles. The molecule has 0 unspecified atom stereocenters. The Hall–Kier alpha value is -0.860. The second kappa shape index (κ2) is 5.85. The van der Waals surface area contributed by atoms with Crippen LogP contribution in [0.2, 0.25) is 10.0 Å². The van der Waals surface area contributed by atoms with Crippen molar-refractivity contribution in [2.45, 2.75) is 10.9 Å². The topological polar surface area (TPSA) is 104 Å². The minimum absolute atomic E-state index is 0.0235. The normalized spacial score (nSPS) is 13.3. The zero-order chi connectivity index (χ0) is 13.9. The minimum Gasteiger partial charge on any atom is -0.480 e. The molecular weight excluding hydrogens is 305 g/mol. The molecule has 0 aliphatic heterocycles. The molecule has 6 nitrogen and oxygen atoms in total.